The summed E-state index contributed by atoms with van der Waals surface area (Å²) >= 11 is 0. The zero-order chi connectivity index (χ0) is 14.5. The van der Waals surface area contributed by atoms with Crippen LogP contribution in [0.3, 0.4) is 0 Å². The molecule has 1 aromatic carbocycles. The van der Waals surface area contributed by atoms with Crippen LogP contribution < -0.4 is 10.2 Å². The molecule has 3 rings (SSSR count). The number of hydrogen-bond donors (Lipinski definition) is 1. The van der Waals surface area contributed by atoms with Crippen molar-refractivity contribution in [2.45, 2.75) is 18.9 Å². The lowest BCUT2D eigenvalue weighted by molar-refractivity contribution is 0.204. The number of nitrogens with one attached hydrogen (secondary N) is 1. The van der Waals surface area contributed by atoms with Gasteiger partial charge in [0.15, 0.2) is 0 Å². The number of fused-ring (bicyclic) bond motifs is 1. The Hall–Kier alpha value is -1.65. The third kappa shape index (κ3) is 3.34. The molecule has 21 heavy (non-hydrogen) atoms. The number of aromatic nitrogens is 1. The molecule has 4 nitrogen and oxygen atoms in total. The standard InChI is InChI=1S/C17H23N3O/c1-21-12-11-20(13-14-5-4-9-18-14)17-8-10-19-16-7-3-2-6-15(16)17/h2-3,6-8,10,14,18H,4-5,9,11-13H2,1H3. The molecule has 1 atom stereocenters. The topological polar surface area (TPSA) is 37.4 Å². The molecule has 0 radical (unpaired) electrons. The molecule has 0 amide bonds. The number of benzene rings is 1. The van der Waals surface area contributed by atoms with Gasteiger partial charge in [0, 0.05) is 43.5 Å². The molecule has 2 aromatic rings. The van der Waals surface area contributed by atoms with E-state index in [9.17, 15) is 0 Å². The third-order valence-electron chi connectivity index (χ3n) is 4.14. The SMILES string of the molecule is COCCN(CC1CCCN1)c1ccnc2ccccc12. The van der Waals surface area contributed by atoms with Crippen molar-refractivity contribution in [2.24, 2.45) is 0 Å². The average Bonchev–Trinajstić information content (AvgIpc) is 3.04. The van der Waals surface area contributed by atoms with E-state index in [1.165, 1.54) is 23.9 Å². The minimum absolute atomic E-state index is 0.578. The van der Waals surface area contributed by atoms with Gasteiger partial charge in [-0.1, -0.05) is 18.2 Å². The monoisotopic (exact) mass is 285 g/mol. The second-order valence-electron chi connectivity index (χ2n) is 5.58. The zero-order valence-electron chi connectivity index (χ0n) is 12.6. The summed E-state index contributed by atoms with van der Waals surface area (Å²) < 4.78 is 5.29. The fourth-order valence-electron chi connectivity index (χ4n) is 3.05. The van der Waals surface area contributed by atoms with Crippen molar-refractivity contribution in [1.82, 2.24) is 10.3 Å². The first-order valence-corrected chi connectivity index (χ1v) is 7.69. The third-order valence-corrected chi connectivity index (χ3v) is 4.14. The molecule has 1 fully saturated rings. The van der Waals surface area contributed by atoms with Crippen molar-refractivity contribution in [1.29, 1.82) is 0 Å². The van der Waals surface area contributed by atoms with Gasteiger partial charge in [0.1, 0.15) is 0 Å². The largest absolute Gasteiger partial charge is 0.383 e. The van der Waals surface area contributed by atoms with E-state index in [0.717, 1.165) is 31.8 Å². The summed E-state index contributed by atoms with van der Waals surface area (Å²) in [7, 11) is 1.76. The summed E-state index contributed by atoms with van der Waals surface area (Å²) in [5.74, 6) is 0. The molecular weight excluding hydrogens is 262 g/mol. The number of methoxy groups -OCH3 is 1. The first-order chi connectivity index (χ1) is 10.4. The van der Waals surface area contributed by atoms with Gasteiger partial charge < -0.3 is 15.0 Å². The van der Waals surface area contributed by atoms with E-state index in [0.29, 0.717) is 6.04 Å². The van der Waals surface area contributed by atoms with Gasteiger partial charge >= 0.3 is 0 Å². The van der Waals surface area contributed by atoms with E-state index in [2.05, 4.69) is 39.5 Å². The van der Waals surface area contributed by atoms with Crippen molar-refractivity contribution in [2.75, 3.05) is 38.3 Å². The quantitative estimate of drug-likeness (QED) is 0.884. The Morgan fingerprint density at radius 1 is 1.33 bits per heavy atom. The molecule has 0 aliphatic carbocycles. The lowest BCUT2D eigenvalue weighted by atomic mass is 10.1. The van der Waals surface area contributed by atoms with Crippen molar-refractivity contribution in [3.8, 4) is 0 Å². The fraction of sp³-hybridized carbons (Fsp3) is 0.471. The fourth-order valence-corrected chi connectivity index (χ4v) is 3.05. The highest BCUT2D eigenvalue weighted by molar-refractivity contribution is 5.91. The first-order valence-electron chi connectivity index (χ1n) is 7.69. The van der Waals surface area contributed by atoms with E-state index < -0.39 is 0 Å². The minimum atomic E-state index is 0.578. The minimum Gasteiger partial charge on any atom is -0.383 e. The number of rotatable bonds is 6. The van der Waals surface area contributed by atoms with Crippen LogP contribution in [0.1, 0.15) is 12.8 Å². The Balaban J connectivity index is 1.89. The maximum Gasteiger partial charge on any atom is 0.0722 e. The van der Waals surface area contributed by atoms with E-state index >= 15 is 0 Å². The Morgan fingerprint density at radius 2 is 2.24 bits per heavy atom. The molecule has 112 valence electrons. The van der Waals surface area contributed by atoms with Crippen molar-refractivity contribution >= 4 is 16.6 Å². The number of hydrogen-bond acceptors (Lipinski definition) is 4. The normalized spacial score (nSPS) is 18.2. The van der Waals surface area contributed by atoms with Gasteiger partial charge in [0.2, 0.25) is 0 Å². The second-order valence-corrected chi connectivity index (χ2v) is 5.58. The molecule has 1 aliphatic rings. The number of pyridine rings is 1. The summed E-state index contributed by atoms with van der Waals surface area (Å²) in [6.07, 6.45) is 4.44. The first kappa shape index (κ1) is 14.3. The lowest BCUT2D eigenvalue weighted by Crippen LogP contribution is -2.39. The molecular formula is C17H23N3O. The van der Waals surface area contributed by atoms with Crippen LogP contribution >= 0.6 is 0 Å². The van der Waals surface area contributed by atoms with Gasteiger partial charge in [0.05, 0.1) is 12.1 Å². The van der Waals surface area contributed by atoms with E-state index in [-0.39, 0.29) is 0 Å². The maximum atomic E-state index is 5.29. The molecule has 1 N–H and O–H groups in total. The van der Waals surface area contributed by atoms with Gasteiger partial charge in [-0.25, -0.2) is 0 Å². The van der Waals surface area contributed by atoms with Gasteiger partial charge in [0.25, 0.3) is 0 Å². The molecule has 1 unspecified atom stereocenters. The molecule has 0 spiro atoms. The Kier molecular flexibility index (Phi) is 4.68. The van der Waals surface area contributed by atoms with Crippen LogP contribution in [-0.4, -0.2) is 44.4 Å². The molecule has 4 heteroatoms. The predicted molar refractivity (Wildman–Crippen MR) is 86.9 cm³/mol. The highest BCUT2D eigenvalue weighted by atomic mass is 16.5. The van der Waals surface area contributed by atoms with Crippen LogP contribution in [0.4, 0.5) is 5.69 Å². The van der Waals surface area contributed by atoms with Crippen molar-refractivity contribution in [3.63, 3.8) is 0 Å². The van der Waals surface area contributed by atoms with Gasteiger partial charge in [-0.15, -0.1) is 0 Å². The second kappa shape index (κ2) is 6.87. The molecule has 1 saturated heterocycles. The lowest BCUT2D eigenvalue weighted by Gasteiger charge is -2.28. The molecule has 1 aromatic heterocycles. The van der Waals surface area contributed by atoms with Gasteiger partial charge in [-0.05, 0) is 31.5 Å². The highest BCUT2D eigenvalue weighted by Crippen LogP contribution is 2.25. The summed E-state index contributed by atoms with van der Waals surface area (Å²) in [6, 6.07) is 11.0. The number of ether oxygens (including phenoxy) is 1. The summed E-state index contributed by atoms with van der Waals surface area (Å²) in [6.45, 7) is 3.81. The molecule has 1 aliphatic heterocycles. The molecule has 2 heterocycles. The molecule has 0 saturated carbocycles. The van der Waals surface area contributed by atoms with Crippen LogP contribution in [0.25, 0.3) is 10.9 Å². The molecule has 0 bridgehead atoms. The van der Waals surface area contributed by atoms with Crippen LogP contribution in [0, 0.1) is 0 Å². The number of anilines is 1. The summed E-state index contributed by atoms with van der Waals surface area (Å²) in [4.78, 5) is 6.89. The van der Waals surface area contributed by atoms with Crippen molar-refractivity contribution < 1.29 is 4.74 Å². The smallest absolute Gasteiger partial charge is 0.0722 e. The maximum absolute atomic E-state index is 5.29. The van der Waals surface area contributed by atoms with Crippen LogP contribution in [0.5, 0.6) is 0 Å². The van der Waals surface area contributed by atoms with E-state index in [1.807, 2.05) is 12.3 Å². The Labute approximate surface area is 126 Å². The summed E-state index contributed by atoms with van der Waals surface area (Å²) in [5, 5.41) is 4.80. The summed E-state index contributed by atoms with van der Waals surface area (Å²) in [5.41, 5.74) is 2.31. The van der Waals surface area contributed by atoms with Crippen molar-refractivity contribution in [3.05, 3.63) is 36.5 Å². The van der Waals surface area contributed by atoms with Crippen LogP contribution in [0.15, 0.2) is 36.5 Å². The van der Waals surface area contributed by atoms with Crippen LogP contribution in [-0.2, 0) is 4.74 Å². The van der Waals surface area contributed by atoms with E-state index in [4.69, 9.17) is 4.74 Å². The van der Waals surface area contributed by atoms with Crippen LogP contribution in [0.2, 0.25) is 0 Å². The highest BCUT2D eigenvalue weighted by Gasteiger charge is 2.19. The average molecular weight is 285 g/mol. The zero-order valence-corrected chi connectivity index (χ0v) is 12.6. The number of nitrogens with zero attached hydrogens (tertiary/aromatic N) is 2. The number of para-hydroxylation sites is 1. The van der Waals surface area contributed by atoms with Gasteiger partial charge in [-0.2, -0.15) is 0 Å². The Morgan fingerprint density at radius 3 is 3.05 bits per heavy atom. The predicted octanol–water partition coefficient (Wildman–Crippen LogP) is 2.44. The van der Waals surface area contributed by atoms with Gasteiger partial charge in [-0.3, -0.25) is 4.98 Å². The van der Waals surface area contributed by atoms with E-state index in [1.54, 1.807) is 7.11 Å². The Bertz CT molecular complexity index is 576.